The monoisotopic (exact) mass is 263 g/mol. The highest BCUT2D eigenvalue weighted by Gasteiger charge is 2.22. The third-order valence-electron chi connectivity index (χ3n) is 2.61. The molecule has 0 aliphatic carbocycles. The van der Waals surface area contributed by atoms with Gasteiger partial charge in [0.15, 0.2) is 0 Å². The molecule has 6 heteroatoms. The van der Waals surface area contributed by atoms with Crippen LogP contribution in [0, 0.1) is 22.9 Å². The van der Waals surface area contributed by atoms with Crippen molar-refractivity contribution in [1.82, 2.24) is 0 Å². The maximum absolute atomic E-state index is 13.4. The Morgan fingerprint density at radius 2 is 1.84 bits per heavy atom. The molecule has 0 aromatic heterocycles. The SMILES string of the molecule is Cc1c(O)cccc1Oc1cccc(F)c1[N+](=O)[O-]. The molecule has 0 atom stereocenters. The van der Waals surface area contributed by atoms with Crippen LogP contribution in [-0.4, -0.2) is 10.0 Å². The molecule has 0 unspecified atom stereocenters. The minimum atomic E-state index is -0.972. The van der Waals surface area contributed by atoms with Crippen LogP contribution >= 0.6 is 0 Å². The zero-order valence-corrected chi connectivity index (χ0v) is 9.96. The summed E-state index contributed by atoms with van der Waals surface area (Å²) in [5.41, 5.74) is -0.314. The number of rotatable bonds is 3. The Kier molecular flexibility index (Phi) is 3.33. The van der Waals surface area contributed by atoms with Gasteiger partial charge in [-0.3, -0.25) is 10.1 Å². The molecule has 98 valence electrons. The number of ether oxygens (including phenoxy) is 1. The first-order valence-corrected chi connectivity index (χ1v) is 5.40. The predicted octanol–water partition coefficient (Wildman–Crippen LogP) is 3.54. The van der Waals surface area contributed by atoms with Gasteiger partial charge in [0.2, 0.25) is 11.6 Å². The number of aromatic hydroxyl groups is 1. The van der Waals surface area contributed by atoms with Crippen LogP contribution in [0.25, 0.3) is 0 Å². The Balaban J connectivity index is 2.47. The highest BCUT2D eigenvalue weighted by atomic mass is 19.1. The Bertz CT molecular complexity index is 643. The first-order valence-electron chi connectivity index (χ1n) is 5.40. The van der Waals surface area contributed by atoms with Gasteiger partial charge in [0.25, 0.3) is 0 Å². The summed E-state index contributed by atoms with van der Waals surface area (Å²) in [6.07, 6.45) is 0. The number of hydrogen-bond acceptors (Lipinski definition) is 4. The Labute approximate surface area is 108 Å². The van der Waals surface area contributed by atoms with Crippen molar-refractivity contribution in [2.45, 2.75) is 6.92 Å². The number of phenols is 1. The number of para-hydroxylation sites is 1. The van der Waals surface area contributed by atoms with E-state index in [1.807, 2.05) is 0 Å². The number of benzene rings is 2. The molecule has 2 rings (SSSR count). The van der Waals surface area contributed by atoms with E-state index in [1.54, 1.807) is 6.92 Å². The largest absolute Gasteiger partial charge is 0.508 e. The van der Waals surface area contributed by atoms with E-state index < -0.39 is 16.4 Å². The van der Waals surface area contributed by atoms with Gasteiger partial charge in [0, 0.05) is 5.56 Å². The smallest absolute Gasteiger partial charge is 0.346 e. The number of nitro groups is 1. The second-order valence-electron chi connectivity index (χ2n) is 3.85. The van der Waals surface area contributed by atoms with Gasteiger partial charge in [0.1, 0.15) is 11.5 Å². The van der Waals surface area contributed by atoms with Crippen molar-refractivity contribution in [2.75, 3.05) is 0 Å². The van der Waals surface area contributed by atoms with Crippen LogP contribution in [0.1, 0.15) is 5.56 Å². The van der Waals surface area contributed by atoms with Crippen LogP contribution in [0.2, 0.25) is 0 Å². The minimum absolute atomic E-state index is 0.00319. The summed E-state index contributed by atoms with van der Waals surface area (Å²) in [5.74, 6) is -0.954. The summed E-state index contributed by atoms with van der Waals surface area (Å²) < 4.78 is 18.7. The molecular formula is C13H10FNO4. The molecule has 0 spiro atoms. The normalized spacial score (nSPS) is 10.2. The number of halogens is 1. The van der Waals surface area contributed by atoms with Crippen LogP contribution in [0.4, 0.5) is 10.1 Å². The Hall–Kier alpha value is -2.63. The van der Waals surface area contributed by atoms with Gasteiger partial charge in [0.05, 0.1) is 4.92 Å². The Morgan fingerprint density at radius 3 is 2.53 bits per heavy atom. The third kappa shape index (κ3) is 2.47. The molecule has 0 aliphatic heterocycles. The Morgan fingerprint density at radius 1 is 1.21 bits per heavy atom. The molecule has 0 radical (unpaired) electrons. The first kappa shape index (κ1) is 12.8. The van der Waals surface area contributed by atoms with Crippen molar-refractivity contribution in [2.24, 2.45) is 0 Å². The lowest BCUT2D eigenvalue weighted by atomic mass is 10.2. The summed E-state index contributed by atoms with van der Waals surface area (Å²) in [6, 6.07) is 8.12. The lowest BCUT2D eigenvalue weighted by Gasteiger charge is -2.09. The summed E-state index contributed by atoms with van der Waals surface area (Å²) in [4.78, 5) is 9.98. The van der Waals surface area contributed by atoms with E-state index in [2.05, 4.69) is 0 Å². The van der Waals surface area contributed by atoms with Gasteiger partial charge >= 0.3 is 5.69 Å². The van der Waals surface area contributed by atoms with Crippen molar-refractivity contribution < 1.29 is 19.2 Å². The molecule has 1 N–H and O–H groups in total. The molecule has 5 nitrogen and oxygen atoms in total. The highest BCUT2D eigenvalue weighted by Crippen LogP contribution is 2.36. The molecule has 0 saturated carbocycles. The van der Waals surface area contributed by atoms with Crippen molar-refractivity contribution in [1.29, 1.82) is 0 Å². The van der Waals surface area contributed by atoms with E-state index in [4.69, 9.17) is 4.74 Å². The fourth-order valence-electron chi connectivity index (χ4n) is 1.59. The predicted molar refractivity (Wildman–Crippen MR) is 66.0 cm³/mol. The van der Waals surface area contributed by atoms with Gasteiger partial charge in [-0.25, -0.2) is 0 Å². The standard InChI is InChI=1S/C13H10FNO4/c1-8-10(16)5-3-6-11(8)19-12-7-2-4-9(14)13(12)15(17)18/h2-7,16H,1H3. The minimum Gasteiger partial charge on any atom is -0.508 e. The highest BCUT2D eigenvalue weighted by molar-refractivity contribution is 5.51. The van der Waals surface area contributed by atoms with E-state index in [1.165, 1.54) is 30.3 Å². The maximum atomic E-state index is 13.4. The van der Waals surface area contributed by atoms with Gasteiger partial charge in [-0.1, -0.05) is 12.1 Å². The fraction of sp³-hybridized carbons (Fsp3) is 0.0769. The molecule has 0 amide bonds. The molecule has 0 fully saturated rings. The number of nitrogens with zero attached hydrogens (tertiary/aromatic N) is 1. The van der Waals surface area contributed by atoms with Crippen molar-refractivity contribution in [3.63, 3.8) is 0 Å². The van der Waals surface area contributed by atoms with Gasteiger partial charge in [-0.15, -0.1) is 0 Å². The lowest BCUT2D eigenvalue weighted by Crippen LogP contribution is -1.97. The fourth-order valence-corrected chi connectivity index (χ4v) is 1.59. The van der Waals surface area contributed by atoms with E-state index >= 15 is 0 Å². The molecule has 2 aromatic rings. The molecule has 0 saturated heterocycles. The van der Waals surface area contributed by atoms with Crippen molar-refractivity contribution >= 4 is 5.69 Å². The second kappa shape index (κ2) is 4.93. The van der Waals surface area contributed by atoms with E-state index in [0.29, 0.717) is 5.56 Å². The molecule has 2 aromatic carbocycles. The average Bonchev–Trinajstić information content (AvgIpc) is 2.34. The first-order chi connectivity index (χ1) is 9.00. The molecule has 19 heavy (non-hydrogen) atoms. The topological polar surface area (TPSA) is 72.6 Å². The van der Waals surface area contributed by atoms with Crippen molar-refractivity contribution in [3.05, 3.63) is 57.9 Å². The summed E-state index contributed by atoms with van der Waals surface area (Å²) in [5, 5.41) is 20.3. The third-order valence-corrected chi connectivity index (χ3v) is 2.61. The van der Waals surface area contributed by atoms with Crippen LogP contribution in [0.3, 0.4) is 0 Å². The zero-order valence-electron chi connectivity index (χ0n) is 9.96. The molecule has 0 heterocycles. The molecule has 0 aliphatic rings. The molecule has 0 bridgehead atoms. The van der Waals surface area contributed by atoms with E-state index in [9.17, 15) is 19.6 Å². The zero-order chi connectivity index (χ0) is 14.0. The number of phenolic OH excluding ortho intramolecular Hbond substituents is 1. The summed E-state index contributed by atoms with van der Waals surface area (Å²) in [7, 11) is 0. The number of hydrogen-bond donors (Lipinski definition) is 1. The van der Waals surface area contributed by atoms with Gasteiger partial charge < -0.3 is 9.84 Å². The average molecular weight is 263 g/mol. The summed E-state index contributed by atoms with van der Waals surface area (Å²) >= 11 is 0. The van der Waals surface area contributed by atoms with Gasteiger partial charge in [-0.2, -0.15) is 4.39 Å². The van der Waals surface area contributed by atoms with Crippen LogP contribution in [-0.2, 0) is 0 Å². The van der Waals surface area contributed by atoms with E-state index in [0.717, 1.165) is 6.07 Å². The second-order valence-corrected chi connectivity index (χ2v) is 3.85. The summed E-state index contributed by atoms with van der Waals surface area (Å²) in [6.45, 7) is 1.59. The van der Waals surface area contributed by atoms with Gasteiger partial charge in [-0.05, 0) is 31.2 Å². The van der Waals surface area contributed by atoms with Crippen LogP contribution in [0.5, 0.6) is 17.2 Å². The van der Waals surface area contributed by atoms with Crippen molar-refractivity contribution in [3.8, 4) is 17.2 Å². The maximum Gasteiger partial charge on any atom is 0.346 e. The van der Waals surface area contributed by atoms with Crippen LogP contribution < -0.4 is 4.74 Å². The number of nitro benzene ring substituents is 1. The van der Waals surface area contributed by atoms with E-state index in [-0.39, 0.29) is 17.2 Å². The van der Waals surface area contributed by atoms with Crippen LogP contribution in [0.15, 0.2) is 36.4 Å². The quantitative estimate of drug-likeness (QED) is 0.679. The lowest BCUT2D eigenvalue weighted by molar-refractivity contribution is -0.388. The molecular weight excluding hydrogens is 253 g/mol.